The lowest BCUT2D eigenvalue weighted by Crippen LogP contribution is -2.17. The molecule has 0 unspecified atom stereocenters. The minimum Gasteiger partial charge on any atom is -0.426 e. The van der Waals surface area contributed by atoms with Crippen LogP contribution in [0.1, 0.15) is 30.9 Å². The molecule has 1 aromatic carbocycles. The second-order valence-corrected chi connectivity index (χ2v) is 3.63. The molecule has 2 nitrogen and oxygen atoms in total. The molecule has 2 rings (SSSR count). The molecule has 0 bridgehead atoms. The SMILES string of the molecule is CCCc1cccc2c1OC(=O)CC2. The standard InChI is InChI=1S/C12H14O2/c1-2-4-9-5-3-6-10-7-8-11(13)14-12(9)10/h3,5-6H,2,4,7-8H2,1H3. The fourth-order valence-electron chi connectivity index (χ4n) is 1.83. The van der Waals surface area contributed by atoms with Crippen LogP contribution in [0.15, 0.2) is 18.2 Å². The Balaban J connectivity index is 2.38. The number of para-hydroxylation sites is 1. The normalized spacial score (nSPS) is 14.8. The molecule has 0 fully saturated rings. The Morgan fingerprint density at radius 3 is 3.00 bits per heavy atom. The van der Waals surface area contributed by atoms with Crippen molar-refractivity contribution in [3.8, 4) is 5.75 Å². The third-order valence-electron chi connectivity index (χ3n) is 2.51. The summed E-state index contributed by atoms with van der Waals surface area (Å²) >= 11 is 0. The van der Waals surface area contributed by atoms with E-state index in [2.05, 4.69) is 6.92 Å². The van der Waals surface area contributed by atoms with E-state index in [1.807, 2.05) is 18.2 Å². The van der Waals surface area contributed by atoms with Crippen LogP contribution in [0, 0.1) is 0 Å². The van der Waals surface area contributed by atoms with Crippen molar-refractivity contribution in [2.75, 3.05) is 0 Å². The van der Waals surface area contributed by atoms with Crippen molar-refractivity contribution in [1.29, 1.82) is 0 Å². The molecular formula is C12H14O2. The van der Waals surface area contributed by atoms with E-state index < -0.39 is 0 Å². The van der Waals surface area contributed by atoms with Gasteiger partial charge in [-0.1, -0.05) is 31.5 Å². The highest BCUT2D eigenvalue weighted by Gasteiger charge is 2.19. The van der Waals surface area contributed by atoms with Gasteiger partial charge < -0.3 is 4.74 Å². The second kappa shape index (κ2) is 3.82. The lowest BCUT2D eigenvalue weighted by atomic mass is 10.00. The van der Waals surface area contributed by atoms with Crippen LogP contribution in [0.5, 0.6) is 5.75 Å². The fraction of sp³-hybridized carbons (Fsp3) is 0.417. The third kappa shape index (κ3) is 1.65. The Kier molecular flexibility index (Phi) is 2.53. The minimum absolute atomic E-state index is 0.0962. The summed E-state index contributed by atoms with van der Waals surface area (Å²) in [6, 6.07) is 6.13. The summed E-state index contributed by atoms with van der Waals surface area (Å²) in [5.41, 5.74) is 2.34. The summed E-state index contributed by atoms with van der Waals surface area (Å²) in [7, 11) is 0. The highest BCUT2D eigenvalue weighted by molar-refractivity contribution is 5.76. The monoisotopic (exact) mass is 190 g/mol. The molecular weight excluding hydrogens is 176 g/mol. The van der Waals surface area contributed by atoms with Crippen molar-refractivity contribution in [3.63, 3.8) is 0 Å². The van der Waals surface area contributed by atoms with Crippen molar-refractivity contribution >= 4 is 5.97 Å². The number of rotatable bonds is 2. The van der Waals surface area contributed by atoms with E-state index in [9.17, 15) is 4.79 Å². The summed E-state index contributed by atoms with van der Waals surface area (Å²) in [6.45, 7) is 2.13. The predicted octanol–water partition coefficient (Wildman–Crippen LogP) is 2.49. The van der Waals surface area contributed by atoms with Gasteiger partial charge in [0.2, 0.25) is 0 Å². The van der Waals surface area contributed by atoms with Crippen LogP contribution in [0.3, 0.4) is 0 Å². The fourth-order valence-corrected chi connectivity index (χ4v) is 1.83. The Hall–Kier alpha value is -1.31. The molecule has 0 amide bonds. The number of esters is 1. The first-order chi connectivity index (χ1) is 6.81. The summed E-state index contributed by atoms with van der Waals surface area (Å²) in [5, 5.41) is 0. The Morgan fingerprint density at radius 2 is 2.21 bits per heavy atom. The molecule has 1 aliphatic heterocycles. The van der Waals surface area contributed by atoms with Crippen molar-refractivity contribution in [1.82, 2.24) is 0 Å². The average molecular weight is 190 g/mol. The molecule has 2 heteroatoms. The van der Waals surface area contributed by atoms with Crippen LogP contribution in [0.25, 0.3) is 0 Å². The van der Waals surface area contributed by atoms with Gasteiger partial charge in [0.15, 0.2) is 0 Å². The lowest BCUT2D eigenvalue weighted by molar-refractivity contribution is -0.135. The van der Waals surface area contributed by atoms with Crippen molar-refractivity contribution < 1.29 is 9.53 Å². The zero-order chi connectivity index (χ0) is 9.97. The van der Waals surface area contributed by atoms with Gasteiger partial charge in [0, 0.05) is 0 Å². The van der Waals surface area contributed by atoms with E-state index in [4.69, 9.17) is 4.74 Å². The van der Waals surface area contributed by atoms with Crippen molar-refractivity contribution in [2.45, 2.75) is 32.6 Å². The molecule has 0 atom stereocenters. The molecule has 0 aromatic heterocycles. The van der Waals surface area contributed by atoms with Crippen LogP contribution >= 0.6 is 0 Å². The number of benzene rings is 1. The van der Waals surface area contributed by atoms with Crippen LogP contribution in [0.2, 0.25) is 0 Å². The predicted molar refractivity (Wildman–Crippen MR) is 54.4 cm³/mol. The van der Waals surface area contributed by atoms with Gasteiger partial charge in [-0.05, 0) is 24.0 Å². The highest BCUT2D eigenvalue weighted by Crippen LogP contribution is 2.29. The molecule has 1 aromatic rings. The van der Waals surface area contributed by atoms with Gasteiger partial charge in [-0.15, -0.1) is 0 Å². The molecule has 0 aliphatic carbocycles. The first kappa shape index (κ1) is 9.25. The summed E-state index contributed by atoms with van der Waals surface area (Å²) in [4.78, 5) is 11.2. The molecule has 0 saturated heterocycles. The maximum Gasteiger partial charge on any atom is 0.311 e. The number of carbonyl (C=O) groups excluding carboxylic acids is 1. The maximum atomic E-state index is 11.2. The van der Waals surface area contributed by atoms with Crippen LogP contribution in [-0.2, 0) is 17.6 Å². The van der Waals surface area contributed by atoms with Gasteiger partial charge in [0.25, 0.3) is 0 Å². The molecule has 0 N–H and O–H groups in total. The number of ether oxygens (including phenoxy) is 1. The summed E-state index contributed by atoms with van der Waals surface area (Å²) < 4.78 is 5.28. The zero-order valence-electron chi connectivity index (χ0n) is 8.38. The van der Waals surface area contributed by atoms with E-state index in [0.717, 1.165) is 30.6 Å². The Labute approximate surface area is 83.9 Å². The Morgan fingerprint density at radius 1 is 1.36 bits per heavy atom. The van der Waals surface area contributed by atoms with Gasteiger partial charge in [0.05, 0.1) is 6.42 Å². The molecule has 1 aliphatic rings. The third-order valence-corrected chi connectivity index (χ3v) is 2.51. The number of carbonyl (C=O) groups is 1. The molecule has 14 heavy (non-hydrogen) atoms. The van der Waals surface area contributed by atoms with Crippen LogP contribution < -0.4 is 4.74 Å². The summed E-state index contributed by atoms with van der Waals surface area (Å²) in [5.74, 6) is 0.728. The number of fused-ring (bicyclic) bond motifs is 1. The highest BCUT2D eigenvalue weighted by atomic mass is 16.5. The zero-order valence-corrected chi connectivity index (χ0v) is 8.38. The van der Waals surface area contributed by atoms with Gasteiger partial charge in [-0.3, -0.25) is 4.79 Å². The topological polar surface area (TPSA) is 26.3 Å². The molecule has 0 saturated carbocycles. The van der Waals surface area contributed by atoms with Crippen LogP contribution in [0.4, 0.5) is 0 Å². The second-order valence-electron chi connectivity index (χ2n) is 3.63. The van der Waals surface area contributed by atoms with E-state index in [1.165, 1.54) is 5.56 Å². The lowest BCUT2D eigenvalue weighted by Gasteiger charge is -2.18. The minimum atomic E-state index is -0.0962. The summed E-state index contributed by atoms with van der Waals surface area (Å²) in [6.07, 6.45) is 3.40. The molecule has 0 radical (unpaired) electrons. The van der Waals surface area contributed by atoms with Gasteiger partial charge in [-0.25, -0.2) is 0 Å². The maximum absolute atomic E-state index is 11.2. The molecule has 74 valence electrons. The average Bonchev–Trinajstić information content (AvgIpc) is 2.19. The van der Waals surface area contributed by atoms with Gasteiger partial charge in [-0.2, -0.15) is 0 Å². The van der Waals surface area contributed by atoms with E-state index in [-0.39, 0.29) is 5.97 Å². The van der Waals surface area contributed by atoms with Crippen LogP contribution in [-0.4, -0.2) is 5.97 Å². The van der Waals surface area contributed by atoms with E-state index in [1.54, 1.807) is 0 Å². The number of aryl methyl sites for hydroxylation is 2. The van der Waals surface area contributed by atoms with E-state index >= 15 is 0 Å². The molecule has 1 heterocycles. The first-order valence-corrected chi connectivity index (χ1v) is 5.12. The van der Waals surface area contributed by atoms with Crippen molar-refractivity contribution in [2.24, 2.45) is 0 Å². The van der Waals surface area contributed by atoms with Crippen molar-refractivity contribution in [3.05, 3.63) is 29.3 Å². The largest absolute Gasteiger partial charge is 0.426 e. The van der Waals surface area contributed by atoms with Gasteiger partial charge >= 0.3 is 5.97 Å². The number of hydrogen-bond donors (Lipinski definition) is 0. The Bertz CT molecular complexity index is 355. The smallest absolute Gasteiger partial charge is 0.311 e. The van der Waals surface area contributed by atoms with Gasteiger partial charge in [0.1, 0.15) is 5.75 Å². The van der Waals surface area contributed by atoms with E-state index in [0.29, 0.717) is 6.42 Å². The number of hydrogen-bond acceptors (Lipinski definition) is 2. The molecule has 0 spiro atoms. The quantitative estimate of drug-likeness (QED) is 0.529. The first-order valence-electron chi connectivity index (χ1n) is 5.12.